The zero-order valence-electron chi connectivity index (χ0n) is 28.2. The maximum atomic E-state index is 14.3. The SMILES string of the molecule is CCN(C(=O)c1cc(F)ccc1Oc1cncnc1N1CC2(CC(Oc3ccnc4c3CN(CC3CCNCC3)CC4)C2)C1)C(C)C.Cl. The third-order valence-electron chi connectivity index (χ3n) is 10.4. The van der Waals surface area contributed by atoms with Crippen molar-refractivity contribution in [3.63, 3.8) is 0 Å². The number of aromatic nitrogens is 3. The van der Waals surface area contributed by atoms with E-state index in [1.807, 2.05) is 33.0 Å². The third kappa shape index (κ3) is 7.09. The molecule has 2 saturated heterocycles. The standard InChI is InChI=1S/C36H46FN7O3.ClH/c1-4-44(24(2)3)35(45)28-15-26(37)5-6-31(28)47-33-18-39-23-41-34(33)43-21-36(22-43)16-27(17-36)46-32-9-13-40-30-10-14-42(20-29(30)32)19-25-7-11-38-12-8-25;/h5-6,9,13,15,18,23-25,27,38H,4,7-8,10-12,14,16-17,19-22H2,1-3H3;1H. The molecular formula is C36H47ClFN7O3. The molecule has 1 saturated carbocycles. The number of hydrogen-bond donors (Lipinski definition) is 1. The Hall–Kier alpha value is -3.54. The van der Waals surface area contributed by atoms with Crippen LogP contribution in [0.5, 0.6) is 17.2 Å². The maximum absolute atomic E-state index is 14.3. The predicted octanol–water partition coefficient (Wildman–Crippen LogP) is 5.50. The second-order valence-electron chi connectivity index (χ2n) is 14.1. The Morgan fingerprint density at radius 1 is 1.12 bits per heavy atom. The number of rotatable bonds is 10. The lowest BCUT2D eigenvalue weighted by molar-refractivity contribution is -0.0353. The Bertz CT molecular complexity index is 1590. The fourth-order valence-electron chi connectivity index (χ4n) is 7.90. The van der Waals surface area contributed by atoms with Crippen molar-refractivity contribution < 1.29 is 18.7 Å². The molecule has 0 atom stereocenters. The molecule has 1 amide bonds. The molecule has 48 heavy (non-hydrogen) atoms. The molecule has 3 fully saturated rings. The molecule has 2 aromatic heterocycles. The van der Waals surface area contributed by atoms with Crippen LogP contribution < -0.4 is 19.7 Å². The zero-order chi connectivity index (χ0) is 32.5. The highest BCUT2D eigenvalue weighted by molar-refractivity contribution is 5.97. The number of halogens is 2. The van der Waals surface area contributed by atoms with Crippen LogP contribution in [0.3, 0.4) is 0 Å². The number of carbonyl (C=O) groups is 1. The van der Waals surface area contributed by atoms with E-state index in [9.17, 15) is 9.18 Å². The van der Waals surface area contributed by atoms with Crippen LogP contribution >= 0.6 is 12.4 Å². The van der Waals surface area contributed by atoms with Crippen molar-refractivity contribution in [2.75, 3.05) is 50.7 Å². The second-order valence-corrected chi connectivity index (χ2v) is 14.1. The van der Waals surface area contributed by atoms with Gasteiger partial charge in [-0.1, -0.05) is 0 Å². The Labute approximate surface area is 288 Å². The molecule has 3 aromatic rings. The predicted molar refractivity (Wildman–Crippen MR) is 185 cm³/mol. The maximum Gasteiger partial charge on any atom is 0.257 e. The van der Waals surface area contributed by atoms with E-state index in [0.717, 1.165) is 76.7 Å². The summed E-state index contributed by atoms with van der Waals surface area (Å²) in [6, 6.07) is 6.06. The molecular weight excluding hydrogens is 633 g/mol. The highest BCUT2D eigenvalue weighted by atomic mass is 35.5. The fraction of sp³-hybridized carbons (Fsp3) is 0.556. The van der Waals surface area contributed by atoms with Crippen LogP contribution in [0.4, 0.5) is 10.2 Å². The molecule has 4 aliphatic rings. The highest BCUT2D eigenvalue weighted by Gasteiger charge is 2.54. The number of carbonyl (C=O) groups excluding carboxylic acids is 1. The van der Waals surface area contributed by atoms with Gasteiger partial charge in [0.1, 0.15) is 29.7 Å². The summed E-state index contributed by atoms with van der Waals surface area (Å²) in [5.74, 6) is 2.41. The van der Waals surface area contributed by atoms with Crippen LogP contribution in [0, 0.1) is 17.2 Å². The van der Waals surface area contributed by atoms with Gasteiger partial charge in [0.15, 0.2) is 11.6 Å². The van der Waals surface area contributed by atoms with E-state index in [1.165, 1.54) is 48.6 Å². The Morgan fingerprint density at radius 2 is 1.92 bits per heavy atom. The number of fused-ring (bicyclic) bond motifs is 1. The Balaban J connectivity index is 0.00000401. The molecule has 258 valence electrons. The van der Waals surface area contributed by atoms with Crippen molar-refractivity contribution in [3.8, 4) is 17.2 Å². The lowest BCUT2D eigenvalue weighted by atomic mass is 9.61. The first-order valence-electron chi connectivity index (χ1n) is 17.2. The minimum Gasteiger partial charge on any atom is -0.490 e. The van der Waals surface area contributed by atoms with Gasteiger partial charge in [0.2, 0.25) is 0 Å². The van der Waals surface area contributed by atoms with Crippen LogP contribution in [0.1, 0.15) is 68.1 Å². The molecule has 0 bridgehead atoms. The molecule has 1 N–H and O–H groups in total. The first-order valence-corrected chi connectivity index (χ1v) is 17.2. The molecule has 0 radical (unpaired) electrons. The van der Waals surface area contributed by atoms with Crippen LogP contribution in [0.2, 0.25) is 0 Å². The van der Waals surface area contributed by atoms with Gasteiger partial charge in [-0.15, -0.1) is 12.4 Å². The number of benzene rings is 1. The van der Waals surface area contributed by atoms with Gasteiger partial charge in [0.05, 0.1) is 11.8 Å². The average molecular weight is 680 g/mol. The Kier molecular flexibility index (Phi) is 10.4. The van der Waals surface area contributed by atoms with E-state index in [4.69, 9.17) is 14.5 Å². The molecule has 1 aliphatic carbocycles. The number of ether oxygens (including phenoxy) is 2. The fourth-order valence-corrected chi connectivity index (χ4v) is 7.90. The molecule has 0 unspecified atom stereocenters. The van der Waals surface area contributed by atoms with Crippen LogP contribution in [0.25, 0.3) is 0 Å². The van der Waals surface area contributed by atoms with Crippen molar-refractivity contribution in [3.05, 3.63) is 65.6 Å². The summed E-state index contributed by atoms with van der Waals surface area (Å²) in [4.78, 5) is 33.3. The molecule has 7 rings (SSSR count). The van der Waals surface area contributed by atoms with Crippen LogP contribution in [0.15, 0.2) is 43.0 Å². The van der Waals surface area contributed by atoms with Crippen molar-refractivity contribution in [2.45, 2.75) is 71.6 Å². The van der Waals surface area contributed by atoms with Crippen molar-refractivity contribution >= 4 is 24.1 Å². The molecule has 10 nitrogen and oxygen atoms in total. The number of hydrogen-bond acceptors (Lipinski definition) is 9. The van der Waals surface area contributed by atoms with Gasteiger partial charge in [0, 0.05) is 74.6 Å². The molecule has 12 heteroatoms. The van der Waals surface area contributed by atoms with Gasteiger partial charge in [-0.2, -0.15) is 0 Å². The number of nitrogens with one attached hydrogen (secondary N) is 1. The van der Waals surface area contributed by atoms with Crippen molar-refractivity contribution in [2.24, 2.45) is 11.3 Å². The summed E-state index contributed by atoms with van der Waals surface area (Å²) < 4.78 is 27.2. The summed E-state index contributed by atoms with van der Waals surface area (Å²) in [7, 11) is 0. The van der Waals surface area contributed by atoms with Gasteiger partial charge in [-0.3, -0.25) is 14.7 Å². The molecule has 3 aliphatic heterocycles. The average Bonchev–Trinajstić information content (AvgIpc) is 3.03. The van der Waals surface area contributed by atoms with E-state index in [-0.39, 0.29) is 47.2 Å². The minimum absolute atomic E-state index is 0. The van der Waals surface area contributed by atoms with E-state index in [1.54, 1.807) is 11.1 Å². The monoisotopic (exact) mass is 679 g/mol. The van der Waals surface area contributed by atoms with Gasteiger partial charge < -0.3 is 24.6 Å². The van der Waals surface area contributed by atoms with E-state index in [2.05, 4.69) is 25.1 Å². The van der Waals surface area contributed by atoms with Gasteiger partial charge in [0.25, 0.3) is 5.91 Å². The van der Waals surface area contributed by atoms with Crippen LogP contribution in [-0.4, -0.2) is 88.6 Å². The first-order chi connectivity index (χ1) is 22.8. The number of amides is 1. The third-order valence-corrected chi connectivity index (χ3v) is 10.4. The van der Waals surface area contributed by atoms with Crippen LogP contribution in [-0.2, 0) is 13.0 Å². The van der Waals surface area contributed by atoms with E-state index < -0.39 is 5.82 Å². The molecule has 1 aromatic carbocycles. The summed E-state index contributed by atoms with van der Waals surface area (Å²) >= 11 is 0. The summed E-state index contributed by atoms with van der Waals surface area (Å²) in [6.07, 6.45) is 10.7. The van der Waals surface area contributed by atoms with E-state index >= 15 is 0 Å². The molecule has 5 heterocycles. The largest absolute Gasteiger partial charge is 0.490 e. The van der Waals surface area contributed by atoms with Gasteiger partial charge in [-0.05, 0) is 89.7 Å². The summed E-state index contributed by atoms with van der Waals surface area (Å²) in [6.45, 7) is 13.4. The molecule has 1 spiro atoms. The highest BCUT2D eigenvalue weighted by Crippen LogP contribution is 2.52. The number of nitrogens with zero attached hydrogens (tertiary/aromatic N) is 6. The van der Waals surface area contributed by atoms with Crippen molar-refractivity contribution in [1.29, 1.82) is 0 Å². The normalized spacial score (nSPS) is 19.2. The zero-order valence-corrected chi connectivity index (χ0v) is 29.0. The summed E-state index contributed by atoms with van der Waals surface area (Å²) in [5, 5.41) is 3.48. The first kappa shape index (κ1) is 34.3. The van der Waals surface area contributed by atoms with Crippen molar-refractivity contribution in [1.82, 2.24) is 30.1 Å². The lowest BCUT2D eigenvalue weighted by Gasteiger charge is -2.59. The topological polar surface area (TPSA) is 96.0 Å². The second kappa shape index (κ2) is 14.5. The summed E-state index contributed by atoms with van der Waals surface area (Å²) in [5.41, 5.74) is 2.81. The van der Waals surface area contributed by atoms with Gasteiger partial charge >= 0.3 is 0 Å². The number of anilines is 1. The number of piperidine rings is 1. The number of pyridine rings is 1. The smallest absolute Gasteiger partial charge is 0.257 e. The lowest BCUT2D eigenvalue weighted by Crippen LogP contribution is -2.65. The van der Waals surface area contributed by atoms with Gasteiger partial charge in [-0.25, -0.2) is 14.4 Å². The quantitative estimate of drug-likeness (QED) is 0.298. The Morgan fingerprint density at radius 3 is 2.67 bits per heavy atom. The van der Waals surface area contributed by atoms with E-state index in [0.29, 0.717) is 18.1 Å². The minimum atomic E-state index is -0.488.